The van der Waals surface area contributed by atoms with E-state index < -0.39 is 0 Å². The van der Waals surface area contributed by atoms with Gasteiger partial charge in [-0.15, -0.1) is 0 Å². The van der Waals surface area contributed by atoms with Crippen LogP contribution in [-0.4, -0.2) is 39.3 Å². The highest BCUT2D eigenvalue weighted by Gasteiger charge is 2.21. The van der Waals surface area contributed by atoms with Gasteiger partial charge in [0, 0.05) is 25.3 Å². The minimum Gasteiger partial charge on any atom is -0.393 e. The number of rotatable bonds is 4. The molecule has 1 aliphatic rings. The third-order valence-corrected chi connectivity index (χ3v) is 3.29. The first-order chi connectivity index (χ1) is 8.69. The van der Waals surface area contributed by atoms with Crippen LogP contribution in [0.5, 0.6) is 0 Å². The number of nitrogens with one attached hydrogen (secondary N) is 1. The quantitative estimate of drug-likeness (QED) is 0.696. The maximum absolute atomic E-state index is 11.9. The molecule has 1 heterocycles. The van der Waals surface area contributed by atoms with Crippen LogP contribution in [0.25, 0.3) is 0 Å². The number of nitrogens with two attached hydrogens (primary N) is 1. The van der Waals surface area contributed by atoms with E-state index in [1.165, 1.54) is 0 Å². The predicted octanol–water partition coefficient (Wildman–Crippen LogP) is -0.125. The Kier molecular flexibility index (Phi) is 4.33. The summed E-state index contributed by atoms with van der Waals surface area (Å²) >= 11 is 0. The molecule has 0 spiro atoms. The van der Waals surface area contributed by atoms with Crippen LogP contribution < -0.4 is 11.1 Å². The van der Waals surface area contributed by atoms with Gasteiger partial charge in [-0.1, -0.05) is 0 Å². The Hall–Kier alpha value is -1.40. The monoisotopic (exact) mass is 252 g/mol. The summed E-state index contributed by atoms with van der Waals surface area (Å²) in [4.78, 5) is 16.0. The number of aromatic nitrogens is 2. The van der Waals surface area contributed by atoms with E-state index in [2.05, 4.69) is 10.3 Å². The summed E-state index contributed by atoms with van der Waals surface area (Å²) in [6.45, 7) is 1.19. The molecule has 0 unspecified atom stereocenters. The fourth-order valence-electron chi connectivity index (χ4n) is 2.23. The van der Waals surface area contributed by atoms with Crippen LogP contribution in [0.4, 0.5) is 0 Å². The Balaban J connectivity index is 1.86. The molecule has 0 radical (unpaired) electrons. The molecule has 0 saturated heterocycles. The SMILES string of the molecule is NCCn1cnc(C(=O)NC2CCC(O)CC2)c1. The molecule has 1 aliphatic carbocycles. The first-order valence-corrected chi connectivity index (χ1v) is 6.40. The molecular weight excluding hydrogens is 232 g/mol. The third kappa shape index (κ3) is 3.30. The van der Waals surface area contributed by atoms with Crippen molar-refractivity contribution in [3.63, 3.8) is 0 Å². The third-order valence-electron chi connectivity index (χ3n) is 3.29. The molecule has 1 aromatic rings. The zero-order chi connectivity index (χ0) is 13.0. The van der Waals surface area contributed by atoms with E-state index >= 15 is 0 Å². The number of carbonyl (C=O) groups excluding carboxylic acids is 1. The Morgan fingerprint density at radius 2 is 2.22 bits per heavy atom. The lowest BCUT2D eigenvalue weighted by Crippen LogP contribution is -2.38. The molecule has 18 heavy (non-hydrogen) atoms. The fourth-order valence-corrected chi connectivity index (χ4v) is 2.23. The van der Waals surface area contributed by atoms with E-state index in [4.69, 9.17) is 5.73 Å². The van der Waals surface area contributed by atoms with E-state index in [0.717, 1.165) is 25.7 Å². The second kappa shape index (κ2) is 5.97. The highest BCUT2D eigenvalue weighted by atomic mass is 16.3. The molecule has 0 aliphatic heterocycles. The van der Waals surface area contributed by atoms with Crippen LogP contribution in [0.3, 0.4) is 0 Å². The molecule has 1 saturated carbocycles. The van der Waals surface area contributed by atoms with Crippen molar-refractivity contribution in [1.82, 2.24) is 14.9 Å². The maximum Gasteiger partial charge on any atom is 0.271 e. The van der Waals surface area contributed by atoms with Gasteiger partial charge in [-0.05, 0) is 25.7 Å². The number of aliphatic hydroxyl groups excluding tert-OH is 1. The van der Waals surface area contributed by atoms with E-state index in [-0.39, 0.29) is 18.1 Å². The summed E-state index contributed by atoms with van der Waals surface area (Å²) in [6.07, 6.45) is 6.29. The van der Waals surface area contributed by atoms with Crippen LogP contribution in [-0.2, 0) is 6.54 Å². The van der Waals surface area contributed by atoms with Gasteiger partial charge in [0.15, 0.2) is 0 Å². The van der Waals surface area contributed by atoms with Crippen molar-refractivity contribution in [2.75, 3.05) is 6.54 Å². The van der Waals surface area contributed by atoms with Crippen molar-refractivity contribution >= 4 is 5.91 Å². The zero-order valence-corrected chi connectivity index (χ0v) is 10.4. The molecule has 0 atom stereocenters. The largest absolute Gasteiger partial charge is 0.393 e. The second-order valence-corrected chi connectivity index (χ2v) is 4.76. The highest BCUT2D eigenvalue weighted by Crippen LogP contribution is 2.18. The topological polar surface area (TPSA) is 93.2 Å². The van der Waals surface area contributed by atoms with Gasteiger partial charge in [-0.3, -0.25) is 4.79 Å². The molecule has 0 aromatic carbocycles. The lowest BCUT2D eigenvalue weighted by atomic mass is 9.93. The molecule has 6 nitrogen and oxygen atoms in total. The average molecular weight is 252 g/mol. The molecule has 1 aromatic heterocycles. The van der Waals surface area contributed by atoms with Crippen LogP contribution in [0.1, 0.15) is 36.2 Å². The zero-order valence-electron chi connectivity index (χ0n) is 10.4. The number of hydrogen-bond donors (Lipinski definition) is 3. The lowest BCUT2D eigenvalue weighted by molar-refractivity contribution is 0.0863. The smallest absolute Gasteiger partial charge is 0.271 e. The van der Waals surface area contributed by atoms with E-state index in [1.807, 2.05) is 0 Å². The van der Waals surface area contributed by atoms with E-state index in [0.29, 0.717) is 18.8 Å². The van der Waals surface area contributed by atoms with Crippen molar-refractivity contribution < 1.29 is 9.90 Å². The van der Waals surface area contributed by atoms with Crippen LogP contribution in [0.2, 0.25) is 0 Å². The number of amides is 1. The van der Waals surface area contributed by atoms with Gasteiger partial charge >= 0.3 is 0 Å². The van der Waals surface area contributed by atoms with Crippen molar-refractivity contribution in [3.05, 3.63) is 18.2 Å². The number of imidazole rings is 1. The molecule has 1 amide bonds. The Bertz CT molecular complexity index is 397. The number of aliphatic hydroxyl groups is 1. The molecule has 6 heteroatoms. The highest BCUT2D eigenvalue weighted by molar-refractivity contribution is 5.92. The Morgan fingerprint density at radius 3 is 2.89 bits per heavy atom. The van der Waals surface area contributed by atoms with Gasteiger partial charge < -0.3 is 20.7 Å². The molecular formula is C12H20N4O2. The summed E-state index contributed by atoms with van der Waals surface area (Å²) in [5.74, 6) is -0.146. The van der Waals surface area contributed by atoms with Gasteiger partial charge in [0.05, 0.1) is 12.4 Å². The summed E-state index contributed by atoms with van der Waals surface area (Å²) in [5, 5.41) is 12.4. The number of hydrogen-bond acceptors (Lipinski definition) is 4. The lowest BCUT2D eigenvalue weighted by Gasteiger charge is -2.25. The van der Waals surface area contributed by atoms with Gasteiger partial charge in [0.1, 0.15) is 5.69 Å². The predicted molar refractivity (Wildman–Crippen MR) is 67.0 cm³/mol. The molecule has 2 rings (SSSR count). The molecule has 1 fully saturated rings. The average Bonchev–Trinajstić information content (AvgIpc) is 2.81. The summed E-state index contributed by atoms with van der Waals surface area (Å²) in [7, 11) is 0. The van der Waals surface area contributed by atoms with Crippen molar-refractivity contribution in [2.24, 2.45) is 5.73 Å². The summed E-state index contributed by atoms with van der Waals surface area (Å²) in [6, 6.07) is 0.153. The molecule has 4 N–H and O–H groups in total. The summed E-state index contributed by atoms with van der Waals surface area (Å²) in [5.41, 5.74) is 5.86. The van der Waals surface area contributed by atoms with Crippen LogP contribution in [0.15, 0.2) is 12.5 Å². The summed E-state index contributed by atoms with van der Waals surface area (Å²) < 4.78 is 1.81. The van der Waals surface area contributed by atoms with Crippen LogP contribution >= 0.6 is 0 Å². The number of nitrogens with zero attached hydrogens (tertiary/aromatic N) is 2. The standard InChI is InChI=1S/C12H20N4O2/c13-5-6-16-7-11(14-8-16)12(18)15-9-1-3-10(17)4-2-9/h7-10,17H,1-6,13H2,(H,15,18). The van der Waals surface area contributed by atoms with Crippen LogP contribution in [0, 0.1) is 0 Å². The van der Waals surface area contributed by atoms with E-state index in [1.54, 1.807) is 17.1 Å². The van der Waals surface area contributed by atoms with Gasteiger partial charge in [-0.25, -0.2) is 4.98 Å². The Morgan fingerprint density at radius 1 is 1.50 bits per heavy atom. The normalized spacial score (nSPS) is 23.9. The minimum atomic E-state index is -0.207. The van der Waals surface area contributed by atoms with Crippen molar-refractivity contribution in [1.29, 1.82) is 0 Å². The number of carbonyl (C=O) groups is 1. The fraction of sp³-hybridized carbons (Fsp3) is 0.667. The first-order valence-electron chi connectivity index (χ1n) is 6.40. The molecule has 100 valence electrons. The second-order valence-electron chi connectivity index (χ2n) is 4.76. The Labute approximate surface area is 106 Å². The van der Waals surface area contributed by atoms with Crippen molar-refractivity contribution in [2.45, 2.75) is 44.4 Å². The van der Waals surface area contributed by atoms with Gasteiger partial charge in [-0.2, -0.15) is 0 Å². The first kappa shape index (κ1) is 13.0. The maximum atomic E-state index is 11.9. The van der Waals surface area contributed by atoms with E-state index in [9.17, 15) is 9.90 Å². The van der Waals surface area contributed by atoms with Gasteiger partial charge in [0.25, 0.3) is 5.91 Å². The van der Waals surface area contributed by atoms with Gasteiger partial charge in [0.2, 0.25) is 0 Å². The minimum absolute atomic E-state index is 0.146. The van der Waals surface area contributed by atoms with Crippen molar-refractivity contribution in [3.8, 4) is 0 Å². The molecule has 0 bridgehead atoms.